The van der Waals surface area contributed by atoms with Crippen molar-refractivity contribution in [2.75, 3.05) is 6.54 Å². The highest BCUT2D eigenvalue weighted by Crippen LogP contribution is 2.06. The predicted molar refractivity (Wildman–Crippen MR) is 70.5 cm³/mol. The SMILES string of the molecule is CC(C)(C)OC(=O)NCCC[C@@H](C=O)NI. The van der Waals surface area contributed by atoms with Crippen LogP contribution >= 0.6 is 22.9 Å². The van der Waals surface area contributed by atoms with Gasteiger partial charge >= 0.3 is 6.09 Å². The molecule has 0 saturated carbocycles. The van der Waals surface area contributed by atoms with Gasteiger partial charge in [0, 0.05) is 29.4 Å². The molecule has 5 nitrogen and oxygen atoms in total. The molecule has 0 fully saturated rings. The molecule has 0 aromatic heterocycles. The molecule has 94 valence electrons. The molecule has 6 heteroatoms. The summed E-state index contributed by atoms with van der Waals surface area (Å²) in [6.07, 6.45) is 1.87. The lowest BCUT2D eigenvalue weighted by atomic mass is 10.2. The van der Waals surface area contributed by atoms with Gasteiger partial charge in [-0.05, 0) is 33.6 Å². The summed E-state index contributed by atoms with van der Waals surface area (Å²) in [6, 6.07) is -0.152. The van der Waals surface area contributed by atoms with Crippen LogP contribution in [0.2, 0.25) is 0 Å². The van der Waals surface area contributed by atoms with Crippen molar-refractivity contribution in [1.82, 2.24) is 8.85 Å². The van der Waals surface area contributed by atoms with Gasteiger partial charge < -0.3 is 14.8 Å². The molecule has 0 unspecified atom stereocenters. The molecular weight excluding hydrogens is 323 g/mol. The van der Waals surface area contributed by atoms with Crippen molar-refractivity contribution < 1.29 is 14.3 Å². The van der Waals surface area contributed by atoms with Crippen molar-refractivity contribution in [2.24, 2.45) is 0 Å². The van der Waals surface area contributed by atoms with E-state index in [1.165, 1.54) is 0 Å². The highest BCUT2D eigenvalue weighted by Gasteiger charge is 2.15. The van der Waals surface area contributed by atoms with Gasteiger partial charge in [-0.25, -0.2) is 4.79 Å². The number of carbonyl (C=O) groups excluding carboxylic acids is 2. The summed E-state index contributed by atoms with van der Waals surface area (Å²) in [5, 5.41) is 2.64. The quantitative estimate of drug-likeness (QED) is 0.334. The number of carbonyl (C=O) groups is 2. The third-order valence-electron chi connectivity index (χ3n) is 1.66. The summed E-state index contributed by atoms with van der Waals surface area (Å²) in [5.41, 5.74) is -0.473. The summed E-state index contributed by atoms with van der Waals surface area (Å²) in [6.45, 7) is 5.95. The molecule has 0 bridgehead atoms. The van der Waals surface area contributed by atoms with Crippen LogP contribution in [0.25, 0.3) is 0 Å². The number of aldehydes is 1. The number of nitrogens with one attached hydrogen (secondary N) is 2. The minimum absolute atomic E-state index is 0.152. The monoisotopic (exact) mass is 342 g/mol. The van der Waals surface area contributed by atoms with Crippen LogP contribution in [-0.4, -0.2) is 30.6 Å². The van der Waals surface area contributed by atoms with Gasteiger partial charge in [0.25, 0.3) is 0 Å². The normalized spacial score (nSPS) is 13.0. The van der Waals surface area contributed by atoms with E-state index >= 15 is 0 Å². The summed E-state index contributed by atoms with van der Waals surface area (Å²) < 4.78 is 7.90. The number of halogens is 1. The van der Waals surface area contributed by atoms with E-state index in [0.717, 1.165) is 12.7 Å². The number of rotatable bonds is 6. The number of amides is 1. The first-order valence-corrected chi connectivity index (χ1v) is 6.25. The van der Waals surface area contributed by atoms with Crippen LogP contribution in [0.4, 0.5) is 4.79 Å². The second-order valence-electron chi connectivity index (χ2n) is 4.42. The summed E-state index contributed by atoms with van der Waals surface area (Å²) >= 11 is 1.94. The Balaban J connectivity index is 3.59. The predicted octanol–water partition coefficient (Wildman–Crippen LogP) is 1.80. The third-order valence-corrected chi connectivity index (χ3v) is 2.46. The molecule has 0 saturated heterocycles. The second kappa shape index (κ2) is 7.83. The molecule has 0 rings (SSSR count). The first kappa shape index (κ1) is 15.6. The fourth-order valence-corrected chi connectivity index (χ4v) is 1.43. The Morgan fingerprint density at radius 3 is 2.56 bits per heavy atom. The molecule has 1 amide bonds. The van der Waals surface area contributed by atoms with E-state index in [0.29, 0.717) is 13.0 Å². The van der Waals surface area contributed by atoms with Gasteiger partial charge in [-0.3, -0.25) is 3.53 Å². The molecule has 2 N–H and O–H groups in total. The minimum atomic E-state index is -0.473. The largest absolute Gasteiger partial charge is 0.444 e. The minimum Gasteiger partial charge on any atom is -0.444 e. The molecular formula is C10H19IN2O3. The number of ether oxygens (including phenoxy) is 1. The van der Waals surface area contributed by atoms with Gasteiger partial charge in [-0.1, -0.05) is 0 Å². The molecule has 0 aromatic carbocycles. The molecule has 0 radical (unpaired) electrons. The lowest BCUT2D eigenvalue weighted by Gasteiger charge is -2.19. The van der Waals surface area contributed by atoms with E-state index < -0.39 is 11.7 Å². The third kappa shape index (κ3) is 8.90. The van der Waals surface area contributed by atoms with Crippen LogP contribution in [0, 0.1) is 0 Å². The molecule has 0 spiro atoms. The number of hydrogen-bond acceptors (Lipinski definition) is 4. The van der Waals surface area contributed by atoms with Gasteiger partial charge in [-0.2, -0.15) is 0 Å². The number of alkyl carbamates (subject to hydrolysis) is 1. The molecule has 0 heterocycles. The molecule has 0 aromatic rings. The maximum atomic E-state index is 11.2. The molecule has 0 aliphatic rings. The van der Waals surface area contributed by atoms with Gasteiger partial charge in [0.05, 0.1) is 6.04 Å². The topological polar surface area (TPSA) is 67.4 Å². The fourth-order valence-electron chi connectivity index (χ4n) is 0.975. The van der Waals surface area contributed by atoms with Crippen LogP contribution in [0.15, 0.2) is 0 Å². The van der Waals surface area contributed by atoms with Crippen molar-refractivity contribution in [3.8, 4) is 0 Å². The summed E-state index contributed by atoms with van der Waals surface area (Å²) in [5.74, 6) is 0. The zero-order valence-corrected chi connectivity index (χ0v) is 12.0. The van der Waals surface area contributed by atoms with E-state index in [9.17, 15) is 9.59 Å². The van der Waals surface area contributed by atoms with E-state index in [-0.39, 0.29) is 6.04 Å². The van der Waals surface area contributed by atoms with Crippen molar-refractivity contribution >= 4 is 35.2 Å². The second-order valence-corrected chi connectivity index (χ2v) is 5.05. The molecule has 0 aliphatic heterocycles. The Kier molecular flexibility index (Phi) is 7.65. The summed E-state index contributed by atoms with van der Waals surface area (Å²) in [7, 11) is 0. The lowest BCUT2D eigenvalue weighted by molar-refractivity contribution is -0.109. The van der Waals surface area contributed by atoms with E-state index in [2.05, 4.69) is 8.85 Å². The fraction of sp³-hybridized carbons (Fsp3) is 0.800. The van der Waals surface area contributed by atoms with Crippen LogP contribution in [0.1, 0.15) is 33.6 Å². The highest BCUT2D eigenvalue weighted by atomic mass is 127. The zero-order chi connectivity index (χ0) is 12.6. The van der Waals surface area contributed by atoms with Crippen molar-refractivity contribution in [3.63, 3.8) is 0 Å². The molecule has 1 atom stereocenters. The zero-order valence-electron chi connectivity index (χ0n) is 9.88. The smallest absolute Gasteiger partial charge is 0.407 e. The Hall–Kier alpha value is -0.370. The highest BCUT2D eigenvalue weighted by molar-refractivity contribution is 14.1. The molecule has 0 aliphatic carbocycles. The maximum absolute atomic E-state index is 11.2. The Bertz CT molecular complexity index is 229. The van der Waals surface area contributed by atoms with Gasteiger partial charge in [0.1, 0.15) is 11.9 Å². The van der Waals surface area contributed by atoms with Gasteiger partial charge in [0.15, 0.2) is 0 Å². The van der Waals surface area contributed by atoms with Gasteiger partial charge in [0.2, 0.25) is 0 Å². The van der Waals surface area contributed by atoms with E-state index in [4.69, 9.17) is 4.74 Å². The Labute approximate surface area is 110 Å². The van der Waals surface area contributed by atoms with Crippen LogP contribution in [-0.2, 0) is 9.53 Å². The standard InChI is InChI=1S/C10H19IN2O3/c1-10(2,3)16-9(15)12-6-4-5-8(7-14)13-11/h7-8,13H,4-6H2,1-3H3,(H,12,15)/t8-/m0/s1. The first-order valence-electron chi connectivity index (χ1n) is 5.17. The van der Waals surface area contributed by atoms with Crippen molar-refractivity contribution in [3.05, 3.63) is 0 Å². The van der Waals surface area contributed by atoms with Crippen LogP contribution < -0.4 is 8.85 Å². The number of hydrogen-bond donors (Lipinski definition) is 2. The van der Waals surface area contributed by atoms with Crippen LogP contribution in [0.3, 0.4) is 0 Å². The van der Waals surface area contributed by atoms with E-state index in [1.807, 2.05) is 43.6 Å². The Morgan fingerprint density at radius 1 is 1.50 bits per heavy atom. The van der Waals surface area contributed by atoms with E-state index in [1.54, 1.807) is 0 Å². The lowest BCUT2D eigenvalue weighted by Crippen LogP contribution is -2.33. The Morgan fingerprint density at radius 2 is 2.12 bits per heavy atom. The summed E-state index contributed by atoms with van der Waals surface area (Å²) in [4.78, 5) is 21.7. The van der Waals surface area contributed by atoms with Gasteiger partial charge in [-0.15, -0.1) is 0 Å². The van der Waals surface area contributed by atoms with Crippen molar-refractivity contribution in [2.45, 2.75) is 45.3 Å². The maximum Gasteiger partial charge on any atom is 0.407 e. The average molecular weight is 342 g/mol. The van der Waals surface area contributed by atoms with Crippen molar-refractivity contribution in [1.29, 1.82) is 0 Å². The average Bonchev–Trinajstić information content (AvgIpc) is 2.15. The molecule has 16 heavy (non-hydrogen) atoms. The first-order chi connectivity index (χ1) is 7.39. The van der Waals surface area contributed by atoms with Crippen LogP contribution in [0.5, 0.6) is 0 Å².